The lowest BCUT2D eigenvalue weighted by molar-refractivity contribution is 0.0150. The Labute approximate surface area is 121 Å². The van der Waals surface area contributed by atoms with Crippen LogP contribution in [-0.2, 0) is 11.2 Å². The van der Waals surface area contributed by atoms with Crippen molar-refractivity contribution in [1.29, 1.82) is 0 Å². The first-order valence-corrected chi connectivity index (χ1v) is 7.88. The second kappa shape index (κ2) is 6.59. The molecule has 110 valence electrons. The molecule has 0 spiro atoms. The van der Waals surface area contributed by atoms with E-state index < -0.39 is 0 Å². The fraction of sp³-hybridized carbons (Fsp3) is 0.647. The maximum absolute atomic E-state index is 5.81. The molecule has 2 atom stereocenters. The van der Waals surface area contributed by atoms with Crippen LogP contribution in [0.1, 0.15) is 49.3 Å². The zero-order valence-corrected chi connectivity index (χ0v) is 12.4. The Morgan fingerprint density at radius 2 is 2.20 bits per heavy atom. The van der Waals surface area contributed by atoms with E-state index in [2.05, 4.69) is 23.5 Å². The first-order chi connectivity index (χ1) is 9.86. The summed E-state index contributed by atoms with van der Waals surface area (Å²) in [5.41, 5.74) is 2.89. The van der Waals surface area contributed by atoms with Gasteiger partial charge >= 0.3 is 0 Å². The fourth-order valence-corrected chi connectivity index (χ4v) is 3.36. The molecule has 2 unspecified atom stereocenters. The number of hydrogen-bond donors (Lipinski definition) is 1. The van der Waals surface area contributed by atoms with Gasteiger partial charge in [0.2, 0.25) is 0 Å². The molecule has 1 heterocycles. The van der Waals surface area contributed by atoms with Crippen LogP contribution in [0.3, 0.4) is 0 Å². The summed E-state index contributed by atoms with van der Waals surface area (Å²) < 4.78 is 11.2. The third-order valence-electron chi connectivity index (χ3n) is 4.53. The molecular weight excluding hydrogens is 250 g/mol. The molecule has 20 heavy (non-hydrogen) atoms. The van der Waals surface area contributed by atoms with Crippen molar-refractivity contribution in [3.63, 3.8) is 0 Å². The number of methoxy groups -OCH3 is 1. The number of fused-ring (bicyclic) bond motifs is 1. The number of ether oxygens (including phenoxy) is 2. The summed E-state index contributed by atoms with van der Waals surface area (Å²) in [6.45, 7) is 1.91. The molecule has 0 radical (unpaired) electrons. The second-order valence-electron chi connectivity index (χ2n) is 5.91. The van der Waals surface area contributed by atoms with Gasteiger partial charge in [0.05, 0.1) is 13.2 Å². The van der Waals surface area contributed by atoms with Crippen LogP contribution in [0.15, 0.2) is 18.2 Å². The zero-order valence-electron chi connectivity index (χ0n) is 12.4. The number of nitrogens with one attached hydrogen (secondary N) is 1. The Hall–Kier alpha value is -1.06. The van der Waals surface area contributed by atoms with E-state index in [-0.39, 0.29) is 0 Å². The van der Waals surface area contributed by atoms with E-state index in [1.807, 2.05) is 0 Å². The Kier molecular flexibility index (Phi) is 4.58. The quantitative estimate of drug-likeness (QED) is 0.915. The van der Waals surface area contributed by atoms with Crippen LogP contribution in [-0.4, -0.2) is 26.4 Å². The standard InChI is InChI=1S/C17H25NO2/c1-19-14-9-8-13-5-4-7-17(16(13)11-14)18-12-15-6-2-3-10-20-15/h8-9,11,15,17-18H,2-7,10,12H2,1H3. The molecule has 1 aliphatic heterocycles. The SMILES string of the molecule is COc1ccc2c(c1)C(NCC1CCCCO1)CCC2. The zero-order chi connectivity index (χ0) is 13.8. The first-order valence-electron chi connectivity index (χ1n) is 7.88. The number of hydrogen-bond acceptors (Lipinski definition) is 3. The van der Waals surface area contributed by atoms with E-state index in [9.17, 15) is 0 Å². The van der Waals surface area contributed by atoms with Crippen molar-refractivity contribution < 1.29 is 9.47 Å². The van der Waals surface area contributed by atoms with Gasteiger partial charge in [0.1, 0.15) is 5.75 Å². The van der Waals surface area contributed by atoms with Crippen molar-refractivity contribution >= 4 is 0 Å². The molecule has 1 aromatic rings. The van der Waals surface area contributed by atoms with Gasteiger partial charge in [0.15, 0.2) is 0 Å². The summed E-state index contributed by atoms with van der Waals surface area (Å²) in [6.07, 6.45) is 7.80. The molecule has 0 saturated carbocycles. The summed E-state index contributed by atoms with van der Waals surface area (Å²) >= 11 is 0. The largest absolute Gasteiger partial charge is 0.497 e. The van der Waals surface area contributed by atoms with E-state index in [0.717, 1.165) is 18.9 Å². The van der Waals surface area contributed by atoms with Gasteiger partial charge < -0.3 is 14.8 Å². The minimum atomic E-state index is 0.403. The average molecular weight is 275 g/mol. The van der Waals surface area contributed by atoms with Crippen LogP contribution < -0.4 is 10.1 Å². The third-order valence-corrected chi connectivity index (χ3v) is 4.53. The Balaban J connectivity index is 1.65. The third kappa shape index (κ3) is 3.15. The van der Waals surface area contributed by atoms with Gasteiger partial charge in [-0.1, -0.05) is 6.07 Å². The summed E-state index contributed by atoms with van der Waals surface area (Å²) in [4.78, 5) is 0. The molecule has 0 bridgehead atoms. The van der Waals surface area contributed by atoms with Crippen LogP contribution in [0, 0.1) is 0 Å². The average Bonchev–Trinajstić information content (AvgIpc) is 2.53. The monoisotopic (exact) mass is 275 g/mol. The molecule has 1 aromatic carbocycles. The van der Waals surface area contributed by atoms with Crippen molar-refractivity contribution in [3.8, 4) is 5.75 Å². The lowest BCUT2D eigenvalue weighted by Crippen LogP contribution is -2.35. The van der Waals surface area contributed by atoms with E-state index in [1.165, 1.54) is 49.7 Å². The maximum Gasteiger partial charge on any atom is 0.119 e. The van der Waals surface area contributed by atoms with Gasteiger partial charge in [-0.3, -0.25) is 0 Å². The molecule has 3 heteroatoms. The van der Waals surface area contributed by atoms with Crippen LogP contribution in [0.4, 0.5) is 0 Å². The summed E-state index contributed by atoms with van der Waals surface area (Å²) in [6, 6.07) is 6.96. The highest BCUT2D eigenvalue weighted by molar-refractivity contribution is 5.39. The molecule has 3 nitrogen and oxygen atoms in total. The normalized spacial score (nSPS) is 26.1. The van der Waals surface area contributed by atoms with E-state index in [0.29, 0.717) is 12.1 Å². The van der Waals surface area contributed by atoms with Crippen LogP contribution >= 0.6 is 0 Å². The number of aryl methyl sites for hydroxylation is 1. The van der Waals surface area contributed by atoms with Gasteiger partial charge in [-0.05, 0) is 61.8 Å². The Morgan fingerprint density at radius 3 is 3.00 bits per heavy atom. The van der Waals surface area contributed by atoms with E-state index >= 15 is 0 Å². The lowest BCUT2D eigenvalue weighted by atomic mass is 9.87. The van der Waals surface area contributed by atoms with Crippen molar-refractivity contribution in [2.75, 3.05) is 20.3 Å². The second-order valence-corrected chi connectivity index (χ2v) is 5.91. The smallest absolute Gasteiger partial charge is 0.119 e. The minimum Gasteiger partial charge on any atom is -0.497 e. The molecule has 1 N–H and O–H groups in total. The fourth-order valence-electron chi connectivity index (χ4n) is 3.36. The van der Waals surface area contributed by atoms with Crippen LogP contribution in [0.25, 0.3) is 0 Å². The summed E-state index contributed by atoms with van der Waals surface area (Å²) in [5.74, 6) is 0.964. The highest BCUT2D eigenvalue weighted by Gasteiger charge is 2.22. The van der Waals surface area contributed by atoms with Crippen molar-refractivity contribution in [3.05, 3.63) is 29.3 Å². The van der Waals surface area contributed by atoms with Crippen molar-refractivity contribution in [1.82, 2.24) is 5.32 Å². The molecule has 1 saturated heterocycles. The van der Waals surface area contributed by atoms with Crippen LogP contribution in [0.5, 0.6) is 5.75 Å². The molecule has 0 aromatic heterocycles. The van der Waals surface area contributed by atoms with Crippen molar-refractivity contribution in [2.24, 2.45) is 0 Å². The van der Waals surface area contributed by atoms with Crippen molar-refractivity contribution in [2.45, 2.75) is 50.7 Å². The molecule has 1 fully saturated rings. The van der Waals surface area contributed by atoms with Gasteiger partial charge in [-0.2, -0.15) is 0 Å². The number of benzene rings is 1. The van der Waals surface area contributed by atoms with E-state index in [1.54, 1.807) is 7.11 Å². The Bertz CT molecular complexity index is 441. The molecular formula is C17H25NO2. The van der Waals surface area contributed by atoms with E-state index in [4.69, 9.17) is 9.47 Å². The van der Waals surface area contributed by atoms with Gasteiger partial charge in [-0.25, -0.2) is 0 Å². The highest BCUT2D eigenvalue weighted by atomic mass is 16.5. The van der Waals surface area contributed by atoms with Crippen LogP contribution in [0.2, 0.25) is 0 Å². The topological polar surface area (TPSA) is 30.5 Å². The predicted octanol–water partition coefficient (Wildman–Crippen LogP) is 3.23. The molecule has 2 aliphatic rings. The molecule has 0 amide bonds. The predicted molar refractivity (Wildman–Crippen MR) is 80.3 cm³/mol. The Morgan fingerprint density at radius 1 is 1.25 bits per heavy atom. The minimum absolute atomic E-state index is 0.403. The summed E-state index contributed by atoms with van der Waals surface area (Å²) in [5, 5.41) is 3.72. The number of rotatable bonds is 4. The maximum atomic E-state index is 5.81. The molecule has 1 aliphatic carbocycles. The van der Waals surface area contributed by atoms with Gasteiger partial charge in [0.25, 0.3) is 0 Å². The van der Waals surface area contributed by atoms with Gasteiger partial charge in [-0.15, -0.1) is 0 Å². The lowest BCUT2D eigenvalue weighted by Gasteiger charge is -2.30. The summed E-state index contributed by atoms with van der Waals surface area (Å²) in [7, 11) is 1.74. The first kappa shape index (κ1) is 13.9. The molecule has 3 rings (SSSR count). The highest BCUT2D eigenvalue weighted by Crippen LogP contribution is 2.32. The van der Waals surface area contributed by atoms with Gasteiger partial charge in [0, 0.05) is 19.2 Å².